The summed E-state index contributed by atoms with van der Waals surface area (Å²) in [6.07, 6.45) is 5.26. The zero-order valence-electron chi connectivity index (χ0n) is 9.99. The molecule has 1 fully saturated rings. The molecule has 0 saturated heterocycles. The van der Waals surface area contributed by atoms with Crippen LogP contribution in [0.1, 0.15) is 46.0 Å². The maximum Gasteiger partial charge on any atom is 0.221 e. The van der Waals surface area contributed by atoms with Crippen LogP contribution in [-0.4, -0.2) is 22.5 Å². The number of nitrogens with one attached hydrogen (secondary N) is 1. The number of amidine groups is 1. The third kappa shape index (κ3) is 3.40. The number of oxime groups is 1. The van der Waals surface area contributed by atoms with E-state index >= 15 is 0 Å². The van der Waals surface area contributed by atoms with E-state index in [4.69, 9.17) is 10.9 Å². The molecule has 1 saturated carbocycles. The first-order valence-corrected chi connectivity index (χ1v) is 5.74. The molecule has 0 aromatic rings. The predicted octanol–water partition coefficient (Wildman–Crippen LogP) is 1.21. The number of rotatable bonds is 4. The lowest BCUT2D eigenvalue weighted by Crippen LogP contribution is -2.53. The number of nitrogens with two attached hydrogens (primary N) is 1. The van der Waals surface area contributed by atoms with E-state index in [1.165, 1.54) is 12.8 Å². The van der Waals surface area contributed by atoms with Crippen molar-refractivity contribution in [2.45, 2.75) is 51.5 Å². The van der Waals surface area contributed by atoms with Gasteiger partial charge in [-0.1, -0.05) is 18.0 Å². The molecule has 5 nitrogen and oxygen atoms in total. The second-order valence-corrected chi connectivity index (χ2v) is 5.01. The third-order valence-corrected chi connectivity index (χ3v) is 3.15. The molecule has 0 heterocycles. The summed E-state index contributed by atoms with van der Waals surface area (Å²) in [5.74, 6) is 0.499. The minimum absolute atomic E-state index is 0.0206. The molecule has 16 heavy (non-hydrogen) atoms. The van der Waals surface area contributed by atoms with Crippen molar-refractivity contribution in [1.29, 1.82) is 0 Å². The van der Waals surface area contributed by atoms with Crippen LogP contribution >= 0.6 is 0 Å². The SMILES string of the molecule is CC(C)(NC(=O)CC1CCCC1)/C(N)=N/O. The van der Waals surface area contributed by atoms with E-state index in [0.29, 0.717) is 12.3 Å². The fourth-order valence-electron chi connectivity index (χ4n) is 2.07. The molecular weight excluding hydrogens is 206 g/mol. The summed E-state index contributed by atoms with van der Waals surface area (Å²) in [5.41, 5.74) is 4.71. The minimum atomic E-state index is -0.787. The predicted molar refractivity (Wildman–Crippen MR) is 62.2 cm³/mol. The van der Waals surface area contributed by atoms with Crippen LogP contribution in [0.3, 0.4) is 0 Å². The molecule has 1 aliphatic rings. The quantitative estimate of drug-likeness (QED) is 0.292. The average Bonchev–Trinajstić information content (AvgIpc) is 2.67. The van der Waals surface area contributed by atoms with Crippen LogP contribution in [0.4, 0.5) is 0 Å². The second kappa shape index (κ2) is 5.18. The van der Waals surface area contributed by atoms with Crippen molar-refractivity contribution in [1.82, 2.24) is 5.32 Å². The van der Waals surface area contributed by atoms with E-state index in [2.05, 4.69) is 10.5 Å². The Bertz CT molecular complexity index is 281. The first-order valence-electron chi connectivity index (χ1n) is 5.74. The maximum absolute atomic E-state index is 11.7. The standard InChI is InChI=1S/C11H21N3O2/c1-11(2,10(12)14-16)13-9(15)7-8-5-3-4-6-8/h8,16H,3-7H2,1-2H3,(H2,12,14)(H,13,15). The van der Waals surface area contributed by atoms with Gasteiger partial charge in [0.15, 0.2) is 5.84 Å². The number of hydrogen-bond donors (Lipinski definition) is 3. The average molecular weight is 227 g/mol. The highest BCUT2D eigenvalue weighted by atomic mass is 16.4. The Morgan fingerprint density at radius 1 is 1.50 bits per heavy atom. The van der Waals surface area contributed by atoms with Crippen LogP contribution in [0.5, 0.6) is 0 Å². The smallest absolute Gasteiger partial charge is 0.221 e. The summed E-state index contributed by atoms with van der Waals surface area (Å²) in [6.45, 7) is 3.43. The van der Waals surface area contributed by atoms with Gasteiger partial charge in [-0.2, -0.15) is 0 Å². The Hall–Kier alpha value is -1.26. The van der Waals surface area contributed by atoms with Gasteiger partial charge in [0.05, 0.1) is 5.54 Å². The van der Waals surface area contributed by atoms with Gasteiger partial charge in [-0.3, -0.25) is 4.79 Å². The van der Waals surface area contributed by atoms with Crippen LogP contribution in [0.2, 0.25) is 0 Å². The monoisotopic (exact) mass is 227 g/mol. The third-order valence-electron chi connectivity index (χ3n) is 3.15. The summed E-state index contributed by atoms with van der Waals surface area (Å²) in [7, 11) is 0. The van der Waals surface area contributed by atoms with E-state index in [-0.39, 0.29) is 11.7 Å². The molecule has 1 aliphatic carbocycles. The fraction of sp³-hybridized carbons (Fsp3) is 0.818. The van der Waals surface area contributed by atoms with Crippen molar-refractivity contribution in [3.63, 3.8) is 0 Å². The normalized spacial score (nSPS) is 18.8. The Morgan fingerprint density at radius 2 is 2.06 bits per heavy atom. The topological polar surface area (TPSA) is 87.7 Å². The number of amides is 1. The van der Waals surface area contributed by atoms with E-state index in [0.717, 1.165) is 12.8 Å². The van der Waals surface area contributed by atoms with Crippen molar-refractivity contribution in [3.05, 3.63) is 0 Å². The van der Waals surface area contributed by atoms with Gasteiger partial charge in [-0.25, -0.2) is 0 Å². The summed E-state index contributed by atoms with van der Waals surface area (Å²) in [5, 5.41) is 14.3. The Morgan fingerprint density at radius 3 is 2.56 bits per heavy atom. The lowest BCUT2D eigenvalue weighted by atomic mass is 10.0. The van der Waals surface area contributed by atoms with Crippen LogP contribution in [0, 0.1) is 5.92 Å². The fourth-order valence-corrected chi connectivity index (χ4v) is 2.07. The molecule has 92 valence electrons. The first-order chi connectivity index (χ1) is 7.45. The molecule has 0 radical (unpaired) electrons. The van der Waals surface area contributed by atoms with Gasteiger partial charge in [-0.15, -0.1) is 0 Å². The molecular formula is C11H21N3O2. The summed E-state index contributed by atoms with van der Waals surface area (Å²) in [6, 6.07) is 0. The van der Waals surface area contributed by atoms with Gasteiger partial charge >= 0.3 is 0 Å². The van der Waals surface area contributed by atoms with E-state index in [1.807, 2.05) is 0 Å². The zero-order chi connectivity index (χ0) is 12.2. The molecule has 0 spiro atoms. The van der Waals surface area contributed by atoms with E-state index in [1.54, 1.807) is 13.8 Å². The summed E-state index contributed by atoms with van der Waals surface area (Å²) >= 11 is 0. The van der Waals surface area contributed by atoms with Gasteiger partial charge in [0.1, 0.15) is 0 Å². The Balaban J connectivity index is 2.43. The largest absolute Gasteiger partial charge is 0.409 e. The number of nitrogens with zero attached hydrogens (tertiary/aromatic N) is 1. The molecule has 0 aromatic heterocycles. The van der Waals surface area contributed by atoms with Crippen molar-refractivity contribution >= 4 is 11.7 Å². The number of carbonyl (C=O) groups excluding carboxylic acids is 1. The molecule has 1 rings (SSSR count). The highest BCUT2D eigenvalue weighted by Crippen LogP contribution is 2.27. The van der Waals surface area contributed by atoms with Crippen molar-refractivity contribution < 1.29 is 10.0 Å². The van der Waals surface area contributed by atoms with Crippen molar-refractivity contribution in [2.75, 3.05) is 0 Å². The number of hydrogen-bond acceptors (Lipinski definition) is 3. The van der Waals surface area contributed by atoms with E-state index in [9.17, 15) is 4.79 Å². The highest BCUT2D eigenvalue weighted by molar-refractivity contribution is 5.93. The van der Waals surface area contributed by atoms with Gasteiger partial charge in [0.2, 0.25) is 5.91 Å². The lowest BCUT2D eigenvalue weighted by molar-refractivity contribution is -0.122. The minimum Gasteiger partial charge on any atom is -0.409 e. The number of carbonyl (C=O) groups is 1. The summed E-state index contributed by atoms with van der Waals surface area (Å²) in [4.78, 5) is 11.7. The van der Waals surface area contributed by atoms with Gasteiger partial charge < -0.3 is 16.3 Å². The van der Waals surface area contributed by atoms with Gasteiger partial charge in [0, 0.05) is 6.42 Å². The molecule has 1 amide bonds. The van der Waals surface area contributed by atoms with Crippen LogP contribution in [-0.2, 0) is 4.79 Å². The molecule has 0 aromatic carbocycles. The molecule has 0 bridgehead atoms. The first kappa shape index (κ1) is 12.8. The molecule has 0 unspecified atom stereocenters. The Labute approximate surface area is 96.1 Å². The van der Waals surface area contributed by atoms with E-state index < -0.39 is 5.54 Å². The van der Waals surface area contributed by atoms with Gasteiger partial charge in [-0.05, 0) is 32.6 Å². The zero-order valence-corrected chi connectivity index (χ0v) is 9.99. The second-order valence-electron chi connectivity index (χ2n) is 5.01. The van der Waals surface area contributed by atoms with Crippen molar-refractivity contribution in [2.24, 2.45) is 16.8 Å². The lowest BCUT2D eigenvalue weighted by Gasteiger charge is -2.25. The molecule has 4 N–H and O–H groups in total. The van der Waals surface area contributed by atoms with Gasteiger partial charge in [0.25, 0.3) is 0 Å². The molecule has 5 heteroatoms. The molecule has 0 aliphatic heterocycles. The molecule has 0 atom stereocenters. The Kier molecular flexibility index (Phi) is 4.15. The van der Waals surface area contributed by atoms with Crippen LogP contribution in [0.25, 0.3) is 0 Å². The van der Waals surface area contributed by atoms with Crippen molar-refractivity contribution in [3.8, 4) is 0 Å². The van der Waals surface area contributed by atoms with Crippen LogP contribution < -0.4 is 11.1 Å². The van der Waals surface area contributed by atoms with Crippen LogP contribution in [0.15, 0.2) is 5.16 Å². The summed E-state index contributed by atoms with van der Waals surface area (Å²) < 4.78 is 0. The maximum atomic E-state index is 11.7. The highest BCUT2D eigenvalue weighted by Gasteiger charge is 2.27.